The second-order valence-corrected chi connectivity index (χ2v) is 5.45. The average Bonchev–Trinajstić information content (AvgIpc) is 2.64. The van der Waals surface area contributed by atoms with Crippen molar-refractivity contribution in [2.45, 2.75) is 32.1 Å². The molecule has 1 saturated heterocycles. The number of hydrogen-bond acceptors (Lipinski definition) is 2. The predicted octanol–water partition coefficient (Wildman–Crippen LogP) is 2.48. The second-order valence-electron chi connectivity index (χ2n) is 5.08. The fraction of sp³-hybridized carbons (Fsp3) is 0.909. The Balaban J connectivity index is 1.92. The van der Waals surface area contributed by atoms with Crippen molar-refractivity contribution in [2.75, 3.05) is 18.8 Å². The molecular formula is C11H19NO2S. The summed E-state index contributed by atoms with van der Waals surface area (Å²) in [5, 5.41) is 8.94. The van der Waals surface area contributed by atoms with Crippen LogP contribution >= 0.6 is 12.6 Å². The van der Waals surface area contributed by atoms with E-state index in [2.05, 4.69) is 12.6 Å². The number of rotatable bonds is 1. The highest BCUT2D eigenvalue weighted by Crippen LogP contribution is 2.45. The molecule has 1 saturated carbocycles. The summed E-state index contributed by atoms with van der Waals surface area (Å²) in [6.45, 7) is 1.50. The van der Waals surface area contributed by atoms with E-state index in [1.807, 2.05) is 0 Å². The van der Waals surface area contributed by atoms with Crippen LogP contribution in [0.3, 0.4) is 0 Å². The summed E-state index contributed by atoms with van der Waals surface area (Å²) in [7, 11) is 0. The third-order valence-electron chi connectivity index (χ3n) is 4.13. The van der Waals surface area contributed by atoms with Crippen LogP contribution in [0.1, 0.15) is 32.1 Å². The van der Waals surface area contributed by atoms with Gasteiger partial charge >= 0.3 is 6.09 Å². The first-order chi connectivity index (χ1) is 7.15. The van der Waals surface area contributed by atoms with Gasteiger partial charge in [-0.25, -0.2) is 4.79 Å². The maximum absolute atomic E-state index is 10.9. The van der Waals surface area contributed by atoms with E-state index in [0.29, 0.717) is 5.41 Å². The van der Waals surface area contributed by atoms with E-state index in [-0.39, 0.29) is 0 Å². The van der Waals surface area contributed by atoms with Gasteiger partial charge in [-0.1, -0.05) is 0 Å². The van der Waals surface area contributed by atoms with Gasteiger partial charge in [-0.15, -0.1) is 0 Å². The molecule has 86 valence electrons. The zero-order valence-electron chi connectivity index (χ0n) is 8.98. The average molecular weight is 229 g/mol. The molecule has 2 rings (SSSR count). The van der Waals surface area contributed by atoms with Gasteiger partial charge in [0, 0.05) is 13.1 Å². The maximum Gasteiger partial charge on any atom is 0.407 e. The van der Waals surface area contributed by atoms with Crippen molar-refractivity contribution >= 4 is 18.7 Å². The molecule has 1 aliphatic heterocycles. The highest BCUT2D eigenvalue weighted by molar-refractivity contribution is 7.80. The molecule has 2 fully saturated rings. The van der Waals surface area contributed by atoms with Gasteiger partial charge in [-0.2, -0.15) is 12.6 Å². The molecule has 0 aromatic heterocycles. The molecule has 3 nitrogen and oxygen atoms in total. The highest BCUT2D eigenvalue weighted by Gasteiger charge is 2.42. The van der Waals surface area contributed by atoms with Gasteiger partial charge in [0.1, 0.15) is 0 Å². The summed E-state index contributed by atoms with van der Waals surface area (Å²) in [6.07, 6.45) is 5.18. The Morgan fingerprint density at radius 3 is 2.53 bits per heavy atom. The molecule has 2 aliphatic rings. The van der Waals surface area contributed by atoms with Crippen molar-refractivity contribution in [3.63, 3.8) is 0 Å². The number of amides is 1. The van der Waals surface area contributed by atoms with E-state index >= 15 is 0 Å². The summed E-state index contributed by atoms with van der Waals surface area (Å²) in [6, 6.07) is 0. The summed E-state index contributed by atoms with van der Waals surface area (Å²) >= 11 is 4.34. The predicted molar refractivity (Wildman–Crippen MR) is 62.5 cm³/mol. The molecule has 15 heavy (non-hydrogen) atoms. The SMILES string of the molecule is O=C(O)N1CCC2(CCC(CS)CC2)C1. The fourth-order valence-electron chi connectivity index (χ4n) is 2.98. The molecule has 1 amide bonds. The van der Waals surface area contributed by atoms with E-state index in [1.54, 1.807) is 4.90 Å². The minimum atomic E-state index is -0.747. The number of nitrogens with zero attached hydrogens (tertiary/aromatic N) is 1. The van der Waals surface area contributed by atoms with Gasteiger partial charge in [0.25, 0.3) is 0 Å². The lowest BCUT2D eigenvalue weighted by molar-refractivity contribution is 0.132. The molecule has 0 aromatic carbocycles. The quantitative estimate of drug-likeness (QED) is 0.678. The third-order valence-corrected chi connectivity index (χ3v) is 4.65. The number of carbonyl (C=O) groups is 1. The van der Waals surface area contributed by atoms with Gasteiger partial charge < -0.3 is 10.0 Å². The first-order valence-electron chi connectivity index (χ1n) is 5.74. The van der Waals surface area contributed by atoms with E-state index in [0.717, 1.165) is 31.2 Å². The van der Waals surface area contributed by atoms with Crippen molar-refractivity contribution < 1.29 is 9.90 Å². The third kappa shape index (κ3) is 2.25. The van der Waals surface area contributed by atoms with Crippen molar-refractivity contribution in [1.82, 2.24) is 4.90 Å². The molecule has 0 bridgehead atoms. The van der Waals surface area contributed by atoms with Gasteiger partial charge in [0.15, 0.2) is 0 Å². The maximum atomic E-state index is 10.9. The van der Waals surface area contributed by atoms with Crippen LogP contribution in [-0.2, 0) is 0 Å². The molecule has 0 radical (unpaired) electrons. The minimum Gasteiger partial charge on any atom is -0.465 e. The van der Waals surface area contributed by atoms with Gasteiger partial charge in [0.2, 0.25) is 0 Å². The standard InChI is InChI=1S/C11H19NO2S/c13-10(14)12-6-5-11(8-12)3-1-9(7-15)2-4-11/h9,15H,1-8H2,(H,13,14). The van der Waals surface area contributed by atoms with E-state index in [9.17, 15) is 4.79 Å². The Hall–Kier alpha value is -0.380. The van der Waals surface area contributed by atoms with Crippen LogP contribution in [0.25, 0.3) is 0 Å². The van der Waals surface area contributed by atoms with Crippen molar-refractivity contribution in [1.29, 1.82) is 0 Å². The van der Waals surface area contributed by atoms with Crippen LogP contribution in [0.5, 0.6) is 0 Å². The highest BCUT2D eigenvalue weighted by atomic mass is 32.1. The van der Waals surface area contributed by atoms with Crippen molar-refractivity contribution in [3.05, 3.63) is 0 Å². The number of likely N-dealkylation sites (tertiary alicyclic amines) is 1. The zero-order chi connectivity index (χ0) is 10.9. The topological polar surface area (TPSA) is 40.5 Å². The number of hydrogen-bond donors (Lipinski definition) is 2. The van der Waals surface area contributed by atoms with Gasteiger partial charge in [-0.3, -0.25) is 0 Å². The van der Waals surface area contributed by atoms with Crippen molar-refractivity contribution in [3.8, 4) is 0 Å². The molecular weight excluding hydrogens is 210 g/mol. The lowest BCUT2D eigenvalue weighted by Crippen LogP contribution is -2.33. The summed E-state index contributed by atoms with van der Waals surface area (Å²) < 4.78 is 0. The van der Waals surface area contributed by atoms with Crippen LogP contribution < -0.4 is 0 Å². The molecule has 1 N–H and O–H groups in total. The smallest absolute Gasteiger partial charge is 0.407 e. The molecule has 1 spiro atoms. The van der Waals surface area contributed by atoms with E-state index in [4.69, 9.17) is 5.11 Å². The summed E-state index contributed by atoms with van der Waals surface area (Å²) in [5.41, 5.74) is 0.317. The minimum absolute atomic E-state index is 0.317. The molecule has 0 unspecified atom stereocenters. The zero-order valence-corrected chi connectivity index (χ0v) is 9.88. The molecule has 1 heterocycles. The summed E-state index contributed by atoms with van der Waals surface area (Å²) in [4.78, 5) is 12.4. The Bertz CT molecular complexity index is 249. The monoisotopic (exact) mass is 229 g/mol. The Morgan fingerprint density at radius 2 is 2.07 bits per heavy atom. The number of thiol groups is 1. The first kappa shape index (κ1) is 11.1. The molecule has 0 aromatic rings. The van der Waals surface area contributed by atoms with Crippen LogP contribution in [-0.4, -0.2) is 34.9 Å². The van der Waals surface area contributed by atoms with Gasteiger partial charge in [0.05, 0.1) is 0 Å². The molecule has 1 aliphatic carbocycles. The van der Waals surface area contributed by atoms with E-state index in [1.165, 1.54) is 25.7 Å². The lowest BCUT2D eigenvalue weighted by atomic mass is 9.70. The largest absolute Gasteiger partial charge is 0.465 e. The van der Waals surface area contributed by atoms with Crippen LogP contribution in [0.4, 0.5) is 4.79 Å². The van der Waals surface area contributed by atoms with Crippen LogP contribution in [0, 0.1) is 11.3 Å². The van der Waals surface area contributed by atoms with Crippen LogP contribution in [0.15, 0.2) is 0 Å². The molecule has 4 heteroatoms. The Morgan fingerprint density at radius 1 is 1.40 bits per heavy atom. The first-order valence-corrected chi connectivity index (χ1v) is 6.37. The normalized spacial score (nSPS) is 36.1. The fourth-order valence-corrected chi connectivity index (χ4v) is 3.34. The van der Waals surface area contributed by atoms with Crippen molar-refractivity contribution in [2.24, 2.45) is 11.3 Å². The van der Waals surface area contributed by atoms with Crippen LogP contribution in [0.2, 0.25) is 0 Å². The summed E-state index contributed by atoms with van der Waals surface area (Å²) in [5.74, 6) is 1.75. The second kappa shape index (κ2) is 4.24. The Labute approximate surface area is 96.2 Å². The Kier molecular flexibility index (Phi) is 3.14. The van der Waals surface area contributed by atoms with E-state index < -0.39 is 6.09 Å². The molecule has 0 atom stereocenters. The number of carboxylic acid groups (broad SMARTS) is 1. The van der Waals surface area contributed by atoms with Gasteiger partial charge in [-0.05, 0) is 49.2 Å². The lowest BCUT2D eigenvalue weighted by Gasteiger charge is -2.36.